The van der Waals surface area contributed by atoms with Crippen molar-refractivity contribution in [3.8, 4) is 12.1 Å². The van der Waals surface area contributed by atoms with Crippen LogP contribution >= 0.6 is 0 Å². The number of rotatable bonds is 2. The van der Waals surface area contributed by atoms with Crippen LogP contribution in [0.4, 0.5) is 4.39 Å². The first-order valence-corrected chi connectivity index (χ1v) is 2.68. The van der Waals surface area contributed by atoms with Crippen molar-refractivity contribution < 1.29 is 4.39 Å². The Morgan fingerprint density at radius 1 is 1.62 bits per heavy atom. The maximum absolute atomic E-state index is 11.0. The minimum Gasteiger partial charge on any atom is -0.144 e. The van der Waals surface area contributed by atoms with E-state index in [1.807, 2.05) is 6.08 Å². The average molecular weight is 112 g/mol. The Labute approximate surface area is 49.4 Å². The Balaban J connectivity index is 3.16. The molecule has 0 spiro atoms. The van der Waals surface area contributed by atoms with Crippen molar-refractivity contribution in [2.24, 2.45) is 0 Å². The summed E-state index contributed by atoms with van der Waals surface area (Å²) < 4.78 is 11.0. The van der Waals surface area contributed by atoms with Gasteiger partial charge in [-0.25, -0.2) is 0 Å². The molecule has 0 heterocycles. The standard InChI is InChI=1S/C7H9F/c1-2-3-4-5-6-7-8/h4-5H,2-3H2,1H3/b5-4+. The van der Waals surface area contributed by atoms with Gasteiger partial charge >= 0.3 is 0 Å². The fraction of sp³-hybridized carbons (Fsp3) is 0.429. The van der Waals surface area contributed by atoms with Crippen molar-refractivity contribution in [1.82, 2.24) is 0 Å². The third-order valence-electron chi connectivity index (χ3n) is 0.711. The van der Waals surface area contributed by atoms with Crippen LogP contribution in [0.25, 0.3) is 0 Å². The van der Waals surface area contributed by atoms with Gasteiger partial charge in [-0.1, -0.05) is 19.4 Å². The van der Waals surface area contributed by atoms with E-state index in [2.05, 4.69) is 12.8 Å². The van der Waals surface area contributed by atoms with Gasteiger partial charge in [-0.05, 0) is 18.4 Å². The molecule has 44 valence electrons. The van der Waals surface area contributed by atoms with Gasteiger partial charge in [0, 0.05) is 0 Å². The molecule has 0 radical (unpaired) electrons. The van der Waals surface area contributed by atoms with E-state index in [-0.39, 0.29) is 0 Å². The molecule has 0 aliphatic heterocycles. The lowest BCUT2D eigenvalue weighted by atomic mass is 10.3. The van der Waals surface area contributed by atoms with E-state index in [0.717, 1.165) is 12.8 Å². The van der Waals surface area contributed by atoms with E-state index >= 15 is 0 Å². The largest absolute Gasteiger partial charge is 0.144 e. The van der Waals surface area contributed by atoms with Crippen LogP contribution in [0, 0.1) is 12.1 Å². The van der Waals surface area contributed by atoms with Gasteiger partial charge in [0.25, 0.3) is 0 Å². The fourth-order valence-corrected chi connectivity index (χ4v) is 0.340. The van der Waals surface area contributed by atoms with E-state index in [4.69, 9.17) is 0 Å². The predicted octanol–water partition coefficient (Wildman–Crippen LogP) is 2.27. The highest BCUT2D eigenvalue weighted by Crippen LogP contribution is 1.86. The molecule has 0 fully saturated rings. The monoisotopic (exact) mass is 112 g/mol. The minimum atomic E-state index is 0.981. The zero-order valence-electron chi connectivity index (χ0n) is 4.95. The highest BCUT2D eigenvalue weighted by molar-refractivity contribution is 5.11. The Morgan fingerprint density at radius 3 is 2.88 bits per heavy atom. The Kier molecular flexibility index (Phi) is 5.63. The summed E-state index contributed by atoms with van der Waals surface area (Å²) in [6.45, 7) is 2.06. The third kappa shape index (κ3) is 5.23. The molecule has 0 bridgehead atoms. The van der Waals surface area contributed by atoms with Crippen molar-refractivity contribution >= 4 is 0 Å². The summed E-state index contributed by atoms with van der Waals surface area (Å²) in [6, 6.07) is 0. The summed E-state index contributed by atoms with van der Waals surface area (Å²) in [4.78, 5) is 0. The van der Waals surface area contributed by atoms with Gasteiger partial charge in [0.15, 0.2) is 0 Å². The Bertz CT molecular complexity index is 114. The quantitative estimate of drug-likeness (QED) is 0.481. The topological polar surface area (TPSA) is 0 Å². The molecular formula is C7H9F. The average Bonchev–Trinajstić information content (AvgIpc) is 1.81. The molecule has 0 saturated carbocycles. The highest BCUT2D eigenvalue weighted by atomic mass is 19.1. The lowest BCUT2D eigenvalue weighted by Gasteiger charge is -1.76. The maximum Gasteiger partial charge on any atom is 0.110 e. The third-order valence-corrected chi connectivity index (χ3v) is 0.711. The first-order chi connectivity index (χ1) is 3.91. The van der Waals surface area contributed by atoms with E-state index in [1.54, 1.807) is 0 Å². The Hall–Kier alpha value is -0.770. The molecule has 0 nitrogen and oxygen atoms in total. The first kappa shape index (κ1) is 7.23. The van der Waals surface area contributed by atoms with E-state index in [1.165, 1.54) is 12.3 Å². The van der Waals surface area contributed by atoms with Crippen molar-refractivity contribution in [3.05, 3.63) is 12.2 Å². The molecule has 0 aromatic heterocycles. The fourth-order valence-electron chi connectivity index (χ4n) is 0.340. The summed E-state index contributed by atoms with van der Waals surface area (Å²) in [7, 11) is 0. The van der Waals surface area contributed by atoms with Gasteiger partial charge < -0.3 is 0 Å². The zero-order valence-corrected chi connectivity index (χ0v) is 4.95. The van der Waals surface area contributed by atoms with E-state index < -0.39 is 0 Å². The normalized spacial score (nSPS) is 8.75. The van der Waals surface area contributed by atoms with Crippen LogP contribution in [0.2, 0.25) is 0 Å². The molecule has 0 atom stereocenters. The van der Waals surface area contributed by atoms with Gasteiger partial charge in [0.1, 0.15) is 6.17 Å². The molecule has 0 N–H and O–H groups in total. The second kappa shape index (κ2) is 6.23. The molecule has 0 aromatic rings. The van der Waals surface area contributed by atoms with Crippen LogP contribution in [0.15, 0.2) is 12.2 Å². The molecular weight excluding hydrogens is 103 g/mol. The molecule has 8 heavy (non-hydrogen) atoms. The molecule has 0 saturated heterocycles. The molecule has 0 aliphatic carbocycles. The second-order valence-corrected chi connectivity index (χ2v) is 1.43. The van der Waals surface area contributed by atoms with Gasteiger partial charge in [-0.15, -0.1) is 4.39 Å². The zero-order chi connectivity index (χ0) is 6.24. The highest BCUT2D eigenvalue weighted by Gasteiger charge is 1.67. The van der Waals surface area contributed by atoms with Crippen LogP contribution in [-0.2, 0) is 0 Å². The number of unbranched alkanes of at least 4 members (excludes halogenated alkanes) is 1. The minimum absolute atomic E-state index is 0.981. The van der Waals surface area contributed by atoms with E-state index in [0.29, 0.717) is 0 Å². The van der Waals surface area contributed by atoms with Crippen LogP contribution in [0.3, 0.4) is 0 Å². The SMILES string of the molecule is CCC/C=C/C#CF. The number of allylic oxidation sites excluding steroid dienone is 2. The summed E-state index contributed by atoms with van der Waals surface area (Å²) in [6.07, 6.45) is 6.74. The van der Waals surface area contributed by atoms with Gasteiger partial charge in [0.2, 0.25) is 0 Å². The van der Waals surface area contributed by atoms with Crippen molar-refractivity contribution in [3.63, 3.8) is 0 Å². The molecule has 0 aliphatic rings. The first-order valence-electron chi connectivity index (χ1n) is 2.68. The molecule has 0 aromatic carbocycles. The van der Waals surface area contributed by atoms with Crippen LogP contribution in [0.1, 0.15) is 19.8 Å². The molecule has 0 unspecified atom stereocenters. The maximum atomic E-state index is 11.0. The predicted molar refractivity (Wildman–Crippen MR) is 32.9 cm³/mol. The summed E-state index contributed by atoms with van der Waals surface area (Å²) in [5.41, 5.74) is 0. The summed E-state index contributed by atoms with van der Waals surface area (Å²) in [5.74, 6) is 2.19. The molecule has 0 amide bonds. The number of hydrogen-bond donors (Lipinski definition) is 0. The number of halogens is 1. The van der Waals surface area contributed by atoms with Gasteiger partial charge in [-0.3, -0.25) is 0 Å². The lowest BCUT2D eigenvalue weighted by Crippen LogP contribution is -1.57. The molecule has 0 rings (SSSR count). The number of hydrogen-bond acceptors (Lipinski definition) is 0. The Morgan fingerprint density at radius 2 is 2.38 bits per heavy atom. The van der Waals surface area contributed by atoms with Crippen LogP contribution in [0.5, 0.6) is 0 Å². The van der Waals surface area contributed by atoms with Crippen molar-refractivity contribution in [2.45, 2.75) is 19.8 Å². The lowest BCUT2D eigenvalue weighted by molar-refractivity contribution is 0.774. The van der Waals surface area contributed by atoms with Crippen molar-refractivity contribution in [2.75, 3.05) is 0 Å². The molecule has 1 heteroatoms. The van der Waals surface area contributed by atoms with Gasteiger partial charge in [-0.2, -0.15) is 0 Å². The van der Waals surface area contributed by atoms with Gasteiger partial charge in [0.05, 0.1) is 0 Å². The summed E-state index contributed by atoms with van der Waals surface area (Å²) in [5, 5.41) is 0. The van der Waals surface area contributed by atoms with Crippen LogP contribution in [-0.4, -0.2) is 0 Å². The smallest absolute Gasteiger partial charge is 0.110 e. The van der Waals surface area contributed by atoms with E-state index in [9.17, 15) is 4.39 Å². The second-order valence-electron chi connectivity index (χ2n) is 1.43. The van der Waals surface area contributed by atoms with Crippen molar-refractivity contribution in [1.29, 1.82) is 0 Å². The summed E-state index contributed by atoms with van der Waals surface area (Å²) >= 11 is 0. The van der Waals surface area contributed by atoms with Crippen LogP contribution < -0.4 is 0 Å².